The molecule has 0 radical (unpaired) electrons. The van der Waals surface area contributed by atoms with E-state index in [1.54, 1.807) is 18.2 Å². The highest BCUT2D eigenvalue weighted by atomic mass is 35.5. The van der Waals surface area contributed by atoms with E-state index in [2.05, 4.69) is 5.32 Å². The van der Waals surface area contributed by atoms with Crippen molar-refractivity contribution >= 4 is 23.3 Å². The molecule has 0 aromatic heterocycles. The highest BCUT2D eigenvalue weighted by Gasteiger charge is 2.12. The standard InChI is InChI=1S/C11H12ClNO3/c1-7(14)6-13-11(15)9-4-3-8(12)5-10(9)16-2/h3-5H,6H2,1-2H3,(H,13,15). The Morgan fingerprint density at radius 3 is 2.69 bits per heavy atom. The number of nitrogens with one attached hydrogen (secondary N) is 1. The Morgan fingerprint density at radius 1 is 1.44 bits per heavy atom. The van der Waals surface area contributed by atoms with Gasteiger partial charge in [-0.2, -0.15) is 0 Å². The summed E-state index contributed by atoms with van der Waals surface area (Å²) in [5.41, 5.74) is 0.355. The Hall–Kier alpha value is -1.55. The molecule has 1 aromatic carbocycles. The van der Waals surface area contributed by atoms with E-state index in [1.165, 1.54) is 14.0 Å². The topological polar surface area (TPSA) is 55.4 Å². The maximum absolute atomic E-state index is 11.7. The molecule has 0 bridgehead atoms. The lowest BCUT2D eigenvalue weighted by molar-refractivity contribution is -0.116. The Morgan fingerprint density at radius 2 is 2.12 bits per heavy atom. The van der Waals surface area contributed by atoms with E-state index in [1.807, 2.05) is 0 Å². The zero-order valence-electron chi connectivity index (χ0n) is 9.04. The van der Waals surface area contributed by atoms with Crippen LogP contribution in [0.4, 0.5) is 0 Å². The number of methoxy groups -OCH3 is 1. The lowest BCUT2D eigenvalue weighted by atomic mass is 10.2. The fourth-order valence-electron chi connectivity index (χ4n) is 1.15. The average Bonchev–Trinajstić information content (AvgIpc) is 2.25. The number of carbonyl (C=O) groups excluding carboxylic acids is 2. The van der Waals surface area contributed by atoms with Gasteiger partial charge in [0.05, 0.1) is 19.2 Å². The van der Waals surface area contributed by atoms with Gasteiger partial charge in [-0.05, 0) is 25.1 Å². The van der Waals surface area contributed by atoms with Crippen LogP contribution in [0, 0.1) is 0 Å². The second-order valence-corrected chi connectivity index (χ2v) is 3.67. The van der Waals surface area contributed by atoms with Gasteiger partial charge < -0.3 is 10.1 Å². The van der Waals surface area contributed by atoms with Crippen LogP contribution in [0.2, 0.25) is 5.02 Å². The zero-order chi connectivity index (χ0) is 12.1. The Kier molecular flexibility index (Phi) is 4.31. The third-order valence-corrected chi connectivity index (χ3v) is 2.14. The summed E-state index contributed by atoms with van der Waals surface area (Å²) < 4.78 is 5.02. The van der Waals surface area contributed by atoms with Crippen molar-refractivity contribution in [2.24, 2.45) is 0 Å². The fraction of sp³-hybridized carbons (Fsp3) is 0.273. The summed E-state index contributed by atoms with van der Waals surface area (Å²) in [5, 5.41) is 2.97. The smallest absolute Gasteiger partial charge is 0.255 e. The molecule has 0 unspecified atom stereocenters. The van der Waals surface area contributed by atoms with Gasteiger partial charge in [0.1, 0.15) is 11.5 Å². The van der Waals surface area contributed by atoms with Crippen LogP contribution in [0.25, 0.3) is 0 Å². The van der Waals surface area contributed by atoms with E-state index in [0.717, 1.165) is 0 Å². The van der Waals surface area contributed by atoms with Crippen LogP contribution in [0.15, 0.2) is 18.2 Å². The minimum atomic E-state index is -0.358. The molecule has 0 atom stereocenters. The van der Waals surface area contributed by atoms with Gasteiger partial charge in [0.2, 0.25) is 0 Å². The summed E-state index contributed by atoms with van der Waals surface area (Å²) in [6.07, 6.45) is 0. The van der Waals surface area contributed by atoms with E-state index in [0.29, 0.717) is 16.3 Å². The zero-order valence-corrected chi connectivity index (χ0v) is 9.80. The van der Waals surface area contributed by atoms with Crippen molar-refractivity contribution in [3.63, 3.8) is 0 Å². The van der Waals surface area contributed by atoms with Crippen molar-refractivity contribution in [1.29, 1.82) is 0 Å². The fourth-order valence-corrected chi connectivity index (χ4v) is 1.31. The van der Waals surface area contributed by atoms with Crippen LogP contribution in [-0.2, 0) is 4.79 Å². The largest absolute Gasteiger partial charge is 0.496 e. The Bertz CT molecular complexity index is 418. The van der Waals surface area contributed by atoms with Gasteiger partial charge in [0.25, 0.3) is 5.91 Å². The van der Waals surface area contributed by atoms with Gasteiger partial charge in [-0.3, -0.25) is 9.59 Å². The number of benzene rings is 1. The molecule has 0 aliphatic heterocycles. The minimum absolute atomic E-state index is 0.00458. The number of halogens is 1. The first-order chi connectivity index (χ1) is 7.54. The predicted octanol–water partition coefficient (Wildman–Crippen LogP) is 1.67. The SMILES string of the molecule is COc1cc(Cl)ccc1C(=O)NCC(C)=O. The molecule has 0 aliphatic rings. The van der Waals surface area contributed by atoms with Gasteiger partial charge in [0, 0.05) is 5.02 Å². The van der Waals surface area contributed by atoms with Crippen molar-refractivity contribution in [3.05, 3.63) is 28.8 Å². The molecular formula is C11H12ClNO3. The molecule has 5 heteroatoms. The van der Waals surface area contributed by atoms with E-state index in [9.17, 15) is 9.59 Å². The molecule has 1 rings (SSSR count). The molecule has 0 heterocycles. The first-order valence-corrected chi connectivity index (χ1v) is 5.03. The maximum Gasteiger partial charge on any atom is 0.255 e. The Labute approximate surface area is 98.5 Å². The molecule has 1 aromatic rings. The third-order valence-electron chi connectivity index (χ3n) is 1.91. The highest BCUT2D eigenvalue weighted by molar-refractivity contribution is 6.30. The second-order valence-electron chi connectivity index (χ2n) is 3.23. The van der Waals surface area contributed by atoms with Crippen LogP contribution >= 0.6 is 11.6 Å². The quantitative estimate of drug-likeness (QED) is 0.872. The molecule has 4 nitrogen and oxygen atoms in total. The van der Waals surface area contributed by atoms with Crippen molar-refractivity contribution in [3.8, 4) is 5.75 Å². The van der Waals surface area contributed by atoms with Crippen LogP contribution in [-0.4, -0.2) is 25.3 Å². The summed E-state index contributed by atoms with van der Waals surface area (Å²) in [6, 6.07) is 4.69. The van der Waals surface area contributed by atoms with E-state index in [-0.39, 0.29) is 18.2 Å². The predicted molar refractivity (Wildman–Crippen MR) is 61.0 cm³/mol. The number of hydrogen-bond donors (Lipinski definition) is 1. The molecule has 0 aliphatic carbocycles. The third kappa shape index (κ3) is 3.24. The molecule has 1 N–H and O–H groups in total. The highest BCUT2D eigenvalue weighted by Crippen LogP contribution is 2.22. The molecule has 0 saturated carbocycles. The summed E-state index contributed by atoms with van der Waals surface area (Å²) >= 11 is 5.76. The van der Waals surface area contributed by atoms with Crippen LogP contribution in [0.5, 0.6) is 5.75 Å². The van der Waals surface area contributed by atoms with Gasteiger partial charge in [-0.15, -0.1) is 0 Å². The summed E-state index contributed by atoms with van der Waals surface area (Å²) in [7, 11) is 1.45. The maximum atomic E-state index is 11.7. The average molecular weight is 242 g/mol. The number of Topliss-reactive ketones (excluding diaryl/α,β-unsaturated/α-hetero) is 1. The summed E-state index contributed by atoms with van der Waals surface area (Å²) in [5.74, 6) is -0.0847. The number of ketones is 1. The number of rotatable bonds is 4. The van der Waals surface area contributed by atoms with Crippen LogP contribution in [0.3, 0.4) is 0 Å². The van der Waals surface area contributed by atoms with Crippen molar-refractivity contribution in [2.45, 2.75) is 6.92 Å². The van der Waals surface area contributed by atoms with Crippen molar-refractivity contribution < 1.29 is 14.3 Å². The van der Waals surface area contributed by atoms with Crippen LogP contribution in [0.1, 0.15) is 17.3 Å². The van der Waals surface area contributed by atoms with E-state index < -0.39 is 0 Å². The number of ether oxygens (including phenoxy) is 1. The van der Waals surface area contributed by atoms with E-state index in [4.69, 9.17) is 16.3 Å². The molecule has 1 amide bonds. The molecular weight excluding hydrogens is 230 g/mol. The molecule has 0 fully saturated rings. The lowest BCUT2D eigenvalue weighted by Gasteiger charge is -2.08. The minimum Gasteiger partial charge on any atom is -0.496 e. The second kappa shape index (κ2) is 5.51. The summed E-state index contributed by atoms with van der Waals surface area (Å²) in [6.45, 7) is 1.41. The summed E-state index contributed by atoms with van der Waals surface area (Å²) in [4.78, 5) is 22.4. The van der Waals surface area contributed by atoms with Gasteiger partial charge >= 0.3 is 0 Å². The van der Waals surface area contributed by atoms with Crippen LogP contribution < -0.4 is 10.1 Å². The number of hydrogen-bond acceptors (Lipinski definition) is 3. The van der Waals surface area contributed by atoms with Crippen molar-refractivity contribution in [1.82, 2.24) is 5.32 Å². The first-order valence-electron chi connectivity index (χ1n) is 4.65. The molecule has 0 saturated heterocycles. The van der Waals surface area contributed by atoms with Gasteiger partial charge in [0.15, 0.2) is 0 Å². The lowest BCUT2D eigenvalue weighted by Crippen LogP contribution is -2.28. The van der Waals surface area contributed by atoms with Gasteiger partial charge in [-0.25, -0.2) is 0 Å². The number of amides is 1. The van der Waals surface area contributed by atoms with E-state index >= 15 is 0 Å². The normalized spacial score (nSPS) is 9.69. The Balaban J connectivity index is 2.86. The monoisotopic (exact) mass is 241 g/mol. The molecule has 16 heavy (non-hydrogen) atoms. The molecule has 86 valence electrons. The number of carbonyl (C=O) groups is 2. The van der Waals surface area contributed by atoms with Gasteiger partial charge in [-0.1, -0.05) is 11.6 Å². The molecule has 0 spiro atoms. The first kappa shape index (κ1) is 12.5. The van der Waals surface area contributed by atoms with Crippen molar-refractivity contribution in [2.75, 3.05) is 13.7 Å².